The second-order valence-corrected chi connectivity index (χ2v) is 6.58. The first-order valence-corrected chi connectivity index (χ1v) is 8.00. The number of ether oxygens (including phenoxy) is 1. The lowest BCUT2D eigenvalue weighted by Crippen LogP contribution is -2.14. The summed E-state index contributed by atoms with van der Waals surface area (Å²) in [6, 6.07) is 13.6. The second-order valence-electron chi connectivity index (χ2n) is 3.76. The third-order valence-corrected chi connectivity index (χ3v) is 5.21. The number of sulfonamides is 1. The Bertz CT molecular complexity index is 669. The minimum Gasteiger partial charge on any atom is -0.497 e. The lowest BCUT2D eigenvalue weighted by Gasteiger charge is -2.10. The Morgan fingerprint density at radius 2 is 1.68 bits per heavy atom. The maximum Gasteiger partial charge on any atom is 0.262 e. The van der Waals surface area contributed by atoms with Gasteiger partial charge in [-0.05, 0) is 59.0 Å². The predicted molar refractivity (Wildman–Crippen MR) is 83.0 cm³/mol. The maximum atomic E-state index is 12.2. The minimum atomic E-state index is -3.56. The van der Waals surface area contributed by atoms with E-state index in [1.807, 2.05) is 22.6 Å². The number of rotatable bonds is 4. The van der Waals surface area contributed by atoms with Crippen LogP contribution in [-0.2, 0) is 10.0 Å². The van der Waals surface area contributed by atoms with Crippen LogP contribution >= 0.6 is 22.6 Å². The molecular formula is C13H12INO3S. The molecule has 0 aliphatic heterocycles. The van der Waals surface area contributed by atoms with Gasteiger partial charge in [-0.15, -0.1) is 0 Å². The van der Waals surface area contributed by atoms with Crippen LogP contribution in [0.2, 0.25) is 0 Å². The van der Waals surface area contributed by atoms with Gasteiger partial charge in [-0.2, -0.15) is 0 Å². The van der Waals surface area contributed by atoms with E-state index in [1.54, 1.807) is 55.6 Å². The summed E-state index contributed by atoms with van der Waals surface area (Å²) in [6.07, 6.45) is 0. The van der Waals surface area contributed by atoms with E-state index in [-0.39, 0.29) is 4.90 Å². The van der Waals surface area contributed by atoms with Crippen LogP contribution in [0.5, 0.6) is 5.75 Å². The molecule has 0 aromatic heterocycles. The van der Waals surface area contributed by atoms with Crippen molar-refractivity contribution in [2.24, 2.45) is 0 Å². The Hall–Kier alpha value is -1.28. The summed E-state index contributed by atoms with van der Waals surface area (Å²) < 4.78 is 32.7. The van der Waals surface area contributed by atoms with Crippen LogP contribution in [0, 0.1) is 3.57 Å². The van der Waals surface area contributed by atoms with E-state index < -0.39 is 10.0 Å². The summed E-state index contributed by atoms with van der Waals surface area (Å²) >= 11 is 2.00. The van der Waals surface area contributed by atoms with Gasteiger partial charge in [0.05, 0.1) is 7.11 Å². The molecule has 2 aromatic rings. The highest BCUT2D eigenvalue weighted by atomic mass is 127. The van der Waals surface area contributed by atoms with Gasteiger partial charge in [0.15, 0.2) is 0 Å². The molecular weight excluding hydrogens is 377 g/mol. The number of methoxy groups -OCH3 is 1. The summed E-state index contributed by atoms with van der Waals surface area (Å²) in [5.74, 6) is 0.678. The first kappa shape index (κ1) is 14.1. The van der Waals surface area contributed by atoms with Crippen molar-refractivity contribution >= 4 is 38.3 Å². The van der Waals surface area contributed by atoms with E-state index in [2.05, 4.69) is 4.72 Å². The lowest BCUT2D eigenvalue weighted by atomic mass is 10.3. The monoisotopic (exact) mass is 389 g/mol. The summed E-state index contributed by atoms with van der Waals surface area (Å²) in [6.45, 7) is 0. The fourth-order valence-corrected chi connectivity index (χ4v) is 3.93. The van der Waals surface area contributed by atoms with E-state index in [9.17, 15) is 8.42 Å². The van der Waals surface area contributed by atoms with Crippen LogP contribution in [0.25, 0.3) is 0 Å². The largest absolute Gasteiger partial charge is 0.497 e. The second kappa shape index (κ2) is 5.79. The normalized spacial score (nSPS) is 11.1. The Morgan fingerprint density at radius 1 is 1.05 bits per heavy atom. The van der Waals surface area contributed by atoms with Gasteiger partial charge >= 0.3 is 0 Å². The molecule has 0 heterocycles. The third kappa shape index (κ3) is 3.38. The molecule has 0 amide bonds. The first-order valence-electron chi connectivity index (χ1n) is 5.44. The zero-order valence-corrected chi connectivity index (χ0v) is 13.1. The zero-order valence-electron chi connectivity index (χ0n) is 10.1. The Morgan fingerprint density at radius 3 is 2.26 bits per heavy atom. The zero-order chi connectivity index (χ0) is 13.9. The lowest BCUT2D eigenvalue weighted by molar-refractivity contribution is 0.415. The van der Waals surface area contributed by atoms with Crippen molar-refractivity contribution < 1.29 is 13.2 Å². The van der Waals surface area contributed by atoms with Crippen molar-refractivity contribution in [2.45, 2.75) is 4.90 Å². The molecule has 4 nitrogen and oxygen atoms in total. The van der Waals surface area contributed by atoms with E-state index in [1.165, 1.54) is 0 Å². The Balaban J connectivity index is 2.28. The summed E-state index contributed by atoms with van der Waals surface area (Å²) in [5.41, 5.74) is 0.500. The smallest absolute Gasteiger partial charge is 0.262 e. The van der Waals surface area contributed by atoms with Crippen LogP contribution in [-0.4, -0.2) is 15.5 Å². The Kier molecular flexibility index (Phi) is 4.31. The first-order chi connectivity index (χ1) is 9.03. The van der Waals surface area contributed by atoms with Crippen LogP contribution in [0.3, 0.4) is 0 Å². The van der Waals surface area contributed by atoms with Crippen molar-refractivity contribution in [3.8, 4) is 5.75 Å². The van der Waals surface area contributed by atoms with Gasteiger partial charge in [0.1, 0.15) is 10.6 Å². The van der Waals surface area contributed by atoms with Crippen LogP contribution in [0.15, 0.2) is 53.4 Å². The van der Waals surface area contributed by atoms with E-state index in [0.29, 0.717) is 15.0 Å². The highest BCUT2D eigenvalue weighted by Crippen LogP contribution is 2.22. The van der Waals surface area contributed by atoms with Crippen molar-refractivity contribution in [1.29, 1.82) is 0 Å². The van der Waals surface area contributed by atoms with Crippen molar-refractivity contribution in [1.82, 2.24) is 0 Å². The topological polar surface area (TPSA) is 55.4 Å². The molecule has 6 heteroatoms. The number of nitrogens with one attached hydrogen (secondary N) is 1. The molecule has 2 rings (SSSR count). The summed E-state index contributed by atoms with van der Waals surface area (Å²) in [5, 5.41) is 0. The summed E-state index contributed by atoms with van der Waals surface area (Å²) in [4.78, 5) is 0.270. The minimum absolute atomic E-state index is 0.270. The average Bonchev–Trinajstić information content (AvgIpc) is 2.39. The molecule has 0 saturated heterocycles. The fraction of sp³-hybridized carbons (Fsp3) is 0.0769. The van der Waals surface area contributed by atoms with Gasteiger partial charge in [-0.3, -0.25) is 4.72 Å². The average molecular weight is 389 g/mol. The van der Waals surface area contributed by atoms with Gasteiger partial charge in [0.25, 0.3) is 10.0 Å². The molecule has 1 N–H and O–H groups in total. The van der Waals surface area contributed by atoms with Gasteiger partial charge in [-0.25, -0.2) is 8.42 Å². The third-order valence-electron chi connectivity index (χ3n) is 2.47. The Labute approximate surface area is 126 Å². The molecule has 0 bridgehead atoms. The number of hydrogen-bond acceptors (Lipinski definition) is 3. The maximum absolute atomic E-state index is 12.2. The molecule has 0 aliphatic carbocycles. The summed E-state index contributed by atoms with van der Waals surface area (Å²) in [7, 11) is -2.00. The molecule has 0 aliphatic rings. The van der Waals surface area contributed by atoms with Gasteiger partial charge in [0, 0.05) is 9.26 Å². The number of hydrogen-bond donors (Lipinski definition) is 1. The molecule has 0 atom stereocenters. The molecule has 19 heavy (non-hydrogen) atoms. The van der Waals surface area contributed by atoms with Gasteiger partial charge in [-0.1, -0.05) is 12.1 Å². The molecule has 2 aromatic carbocycles. The highest BCUT2D eigenvalue weighted by molar-refractivity contribution is 14.1. The molecule has 0 saturated carbocycles. The molecule has 0 radical (unpaired) electrons. The molecule has 0 spiro atoms. The number of anilines is 1. The number of halogens is 1. The molecule has 100 valence electrons. The van der Waals surface area contributed by atoms with Crippen molar-refractivity contribution in [3.05, 3.63) is 52.1 Å². The highest BCUT2D eigenvalue weighted by Gasteiger charge is 2.16. The predicted octanol–water partition coefficient (Wildman–Crippen LogP) is 3.10. The molecule has 0 fully saturated rings. The van der Waals surface area contributed by atoms with Crippen molar-refractivity contribution in [3.63, 3.8) is 0 Å². The van der Waals surface area contributed by atoms with Crippen molar-refractivity contribution in [2.75, 3.05) is 11.8 Å². The van der Waals surface area contributed by atoms with Crippen LogP contribution in [0.1, 0.15) is 0 Å². The SMILES string of the molecule is COc1ccc(NS(=O)(=O)c2ccccc2I)cc1. The van der Waals surface area contributed by atoms with E-state index in [4.69, 9.17) is 4.74 Å². The fourth-order valence-electron chi connectivity index (χ4n) is 1.53. The number of benzene rings is 2. The molecule has 0 unspecified atom stereocenters. The van der Waals surface area contributed by atoms with Gasteiger partial charge < -0.3 is 4.74 Å². The van der Waals surface area contributed by atoms with Crippen LogP contribution < -0.4 is 9.46 Å². The van der Waals surface area contributed by atoms with Gasteiger partial charge in [0.2, 0.25) is 0 Å². The standard InChI is InChI=1S/C13H12INO3S/c1-18-11-8-6-10(7-9-11)15-19(16,17)13-5-3-2-4-12(13)14/h2-9,15H,1H3. The van der Waals surface area contributed by atoms with E-state index in [0.717, 1.165) is 0 Å². The van der Waals surface area contributed by atoms with E-state index >= 15 is 0 Å². The quantitative estimate of drug-likeness (QED) is 0.818. The van der Waals surface area contributed by atoms with Crippen LogP contribution in [0.4, 0.5) is 5.69 Å².